The minimum atomic E-state index is 0.00138. The third-order valence-corrected chi connectivity index (χ3v) is 2.87. The highest BCUT2D eigenvalue weighted by molar-refractivity contribution is 6.20. The summed E-state index contributed by atoms with van der Waals surface area (Å²) >= 11 is 6.17. The van der Waals surface area contributed by atoms with Crippen LogP contribution in [0, 0.1) is 5.92 Å². The van der Waals surface area contributed by atoms with Crippen molar-refractivity contribution >= 4 is 11.6 Å². The fourth-order valence-corrected chi connectivity index (χ4v) is 1.76. The molecule has 0 bridgehead atoms. The summed E-state index contributed by atoms with van der Waals surface area (Å²) in [7, 11) is 0. The molecule has 1 fully saturated rings. The maximum absolute atomic E-state index is 6.17. The van der Waals surface area contributed by atoms with E-state index in [0.29, 0.717) is 5.38 Å². The SMILES string of the molecule is CC(C)(C)OCCCC(Cl)C1CC1. The zero-order valence-corrected chi connectivity index (χ0v) is 9.73. The fraction of sp³-hybridized carbons (Fsp3) is 1.00. The number of alkyl halides is 1. The first-order valence-electron chi connectivity index (χ1n) is 5.27. The summed E-state index contributed by atoms with van der Waals surface area (Å²) in [4.78, 5) is 0. The number of ether oxygens (including phenoxy) is 1. The lowest BCUT2D eigenvalue weighted by Gasteiger charge is -2.19. The molecule has 78 valence electrons. The molecule has 1 aliphatic rings. The Balaban J connectivity index is 1.94. The molecular weight excluding hydrogens is 184 g/mol. The lowest BCUT2D eigenvalue weighted by atomic mass is 10.1. The van der Waals surface area contributed by atoms with Crippen LogP contribution in [0.1, 0.15) is 46.5 Å². The van der Waals surface area contributed by atoms with Crippen molar-refractivity contribution in [1.29, 1.82) is 0 Å². The van der Waals surface area contributed by atoms with Crippen molar-refractivity contribution in [3.63, 3.8) is 0 Å². The second-order valence-electron chi connectivity index (χ2n) is 4.96. The van der Waals surface area contributed by atoms with E-state index in [0.717, 1.165) is 25.4 Å². The van der Waals surface area contributed by atoms with Crippen LogP contribution in [0.4, 0.5) is 0 Å². The molecule has 0 N–H and O–H groups in total. The highest BCUT2D eigenvalue weighted by Gasteiger charge is 2.29. The average molecular weight is 205 g/mol. The van der Waals surface area contributed by atoms with Crippen LogP contribution in [0.25, 0.3) is 0 Å². The van der Waals surface area contributed by atoms with Crippen LogP contribution in [0.15, 0.2) is 0 Å². The van der Waals surface area contributed by atoms with Crippen molar-refractivity contribution in [2.24, 2.45) is 5.92 Å². The summed E-state index contributed by atoms with van der Waals surface area (Å²) < 4.78 is 5.62. The first kappa shape index (κ1) is 11.3. The Morgan fingerprint density at radius 3 is 2.46 bits per heavy atom. The molecule has 0 aromatic rings. The normalized spacial score (nSPS) is 20.3. The van der Waals surface area contributed by atoms with Gasteiger partial charge in [-0.2, -0.15) is 0 Å². The molecule has 2 heteroatoms. The maximum atomic E-state index is 6.17. The van der Waals surface area contributed by atoms with Crippen LogP contribution >= 0.6 is 11.6 Å². The molecule has 13 heavy (non-hydrogen) atoms. The highest BCUT2D eigenvalue weighted by atomic mass is 35.5. The molecule has 0 aromatic carbocycles. The molecule has 0 radical (unpaired) electrons. The molecule has 1 aliphatic carbocycles. The van der Waals surface area contributed by atoms with Gasteiger partial charge in [0.25, 0.3) is 0 Å². The summed E-state index contributed by atoms with van der Waals surface area (Å²) in [6.45, 7) is 7.11. The van der Waals surface area contributed by atoms with Crippen LogP contribution in [0.3, 0.4) is 0 Å². The first-order valence-corrected chi connectivity index (χ1v) is 5.71. The van der Waals surface area contributed by atoms with Gasteiger partial charge in [0, 0.05) is 12.0 Å². The van der Waals surface area contributed by atoms with E-state index in [-0.39, 0.29) is 5.60 Å². The van der Waals surface area contributed by atoms with E-state index < -0.39 is 0 Å². The topological polar surface area (TPSA) is 9.23 Å². The maximum Gasteiger partial charge on any atom is 0.0598 e. The van der Waals surface area contributed by atoms with Crippen molar-refractivity contribution in [2.75, 3.05) is 6.61 Å². The molecule has 1 rings (SSSR count). The van der Waals surface area contributed by atoms with E-state index in [9.17, 15) is 0 Å². The molecule has 0 aliphatic heterocycles. The minimum absolute atomic E-state index is 0.00138. The lowest BCUT2D eigenvalue weighted by Crippen LogP contribution is -2.20. The largest absolute Gasteiger partial charge is 0.376 e. The van der Waals surface area contributed by atoms with Gasteiger partial charge in [0.05, 0.1) is 5.60 Å². The molecule has 1 nitrogen and oxygen atoms in total. The van der Waals surface area contributed by atoms with Gasteiger partial charge in [0.2, 0.25) is 0 Å². The third-order valence-electron chi connectivity index (χ3n) is 2.29. The summed E-state index contributed by atoms with van der Waals surface area (Å²) in [5.74, 6) is 0.816. The van der Waals surface area contributed by atoms with Crippen molar-refractivity contribution in [3.8, 4) is 0 Å². The van der Waals surface area contributed by atoms with E-state index in [1.54, 1.807) is 0 Å². The van der Waals surface area contributed by atoms with Gasteiger partial charge in [-0.15, -0.1) is 11.6 Å². The Bertz CT molecular complexity index is 147. The zero-order chi connectivity index (χ0) is 9.90. The molecule has 0 amide bonds. The van der Waals surface area contributed by atoms with Gasteiger partial charge < -0.3 is 4.74 Å². The summed E-state index contributed by atoms with van der Waals surface area (Å²) in [6.07, 6.45) is 4.90. The predicted molar refractivity (Wildman–Crippen MR) is 57.3 cm³/mol. The van der Waals surface area contributed by atoms with Crippen LogP contribution in [-0.4, -0.2) is 17.6 Å². The molecule has 0 heterocycles. The summed E-state index contributed by atoms with van der Waals surface area (Å²) in [5.41, 5.74) is 0.00138. The quantitative estimate of drug-likeness (QED) is 0.491. The smallest absolute Gasteiger partial charge is 0.0598 e. The average Bonchev–Trinajstić information content (AvgIpc) is 2.77. The van der Waals surface area contributed by atoms with E-state index in [2.05, 4.69) is 20.8 Å². The Morgan fingerprint density at radius 2 is 2.00 bits per heavy atom. The molecule has 1 unspecified atom stereocenters. The Kier molecular flexibility index (Phi) is 4.06. The number of hydrogen-bond acceptors (Lipinski definition) is 1. The number of rotatable bonds is 5. The minimum Gasteiger partial charge on any atom is -0.376 e. The fourth-order valence-electron chi connectivity index (χ4n) is 1.35. The van der Waals surface area contributed by atoms with Crippen LogP contribution in [0.2, 0.25) is 0 Å². The van der Waals surface area contributed by atoms with E-state index in [4.69, 9.17) is 16.3 Å². The molecule has 1 atom stereocenters. The van der Waals surface area contributed by atoms with Gasteiger partial charge in [-0.3, -0.25) is 0 Å². The number of hydrogen-bond donors (Lipinski definition) is 0. The van der Waals surface area contributed by atoms with Crippen LogP contribution in [0.5, 0.6) is 0 Å². The Labute approximate surface area is 86.8 Å². The van der Waals surface area contributed by atoms with Gasteiger partial charge in [-0.1, -0.05) is 0 Å². The Morgan fingerprint density at radius 1 is 1.38 bits per heavy atom. The second-order valence-corrected chi connectivity index (χ2v) is 5.52. The third kappa shape index (κ3) is 5.53. The molecule has 0 spiro atoms. The molecule has 1 saturated carbocycles. The van der Waals surface area contributed by atoms with E-state index >= 15 is 0 Å². The standard InChI is InChI=1S/C11H21ClO/c1-11(2,3)13-8-4-5-10(12)9-6-7-9/h9-10H,4-8H2,1-3H3. The predicted octanol–water partition coefficient (Wildman–Crippen LogP) is 3.60. The van der Waals surface area contributed by atoms with Crippen molar-refractivity contribution < 1.29 is 4.74 Å². The Hall–Kier alpha value is 0.250. The van der Waals surface area contributed by atoms with Crippen LogP contribution in [-0.2, 0) is 4.74 Å². The monoisotopic (exact) mass is 204 g/mol. The van der Waals surface area contributed by atoms with Crippen molar-refractivity contribution in [3.05, 3.63) is 0 Å². The molecular formula is C11H21ClO. The van der Waals surface area contributed by atoms with E-state index in [1.165, 1.54) is 12.8 Å². The molecule has 0 aromatic heterocycles. The highest BCUT2D eigenvalue weighted by Crippen LogP contribution is 2.37. The van der Waals surface area contributed by atoms with Gasteiger partial charge in [-0.05, 0) is 52.4 Å². The van der Waals surface area contributed by atoms with Gasteiger partial charge in [0.1, 0.15) is 0 Å². The number of halogens is 1. The summed E-state index contributed by atoms with van der Waals surface area (Å²) in [6, 6.07) is 0. The van der Waals surface area contributed by atoms with E-state index in [1.807, 2.05) is 0 Å². The second kappa shape index (κ2) is 4.65. The zero-order valence-electron chi connectivity index (χ0n) is 8.98. The van der Waals surface area contributed by atoms with Gasteiger partial charge in [0.15, 0.2) is 0 Å². The summed E-state index contributed by atoms with van der Waals surface area (Å²) in [5, 5.41) is 0.406. The van der Waals surface area contributed by atoms with Crippen molar-refractivity contribution in [1.82, 2.24) is 0 Å². The first-order chi connectivity index (χ1) is 5.99. The van der Waals surface area contributed by atoms with Gasteiger partial charge in [-0.25, -0.2) is 0 Å². The van der Waals surface area contributed by atoms with Crippen LogP contribution < -0.4 is 0 Å². The lowest BCUT2D eigenvalue weighted by molar-refractivity contribution is -0.00472. The molecule has 0 saturated heterocycles. The van der Waals surface area contributed by atoms with Crippen molar-refractivity contribution in [2.45, 2.75) is 57.4 Å². The van der Waals surface area contributed by atoms with Gasteiger partial charge >= 0.3 is 0 Å².